The topological polar surface area (TPSA) is 57.6 Å². The van der Waals surface area contributed by atoms with Crippen LogP contribution in [0.15, 0.2) is 30.3 Å². The summed E-state index contributed by atoms with van der Waals surface area (Å²) in [5.74, 6) is -0.274. The average molecular weight is 259 g/mol. The Balaban J connectivity index is 1.89. The van der Waals surface area contributed by atoms with E-state index in [9.17, 15) is 14.7 Å². The fraction of sp³-hybridized carbons (Fsp3) is 0.467. The van der Waals surface area contributed by atoms with E-state index in [0.29, 0.717) is 24.8 Å². The second-order valence-electron chi connectivity index (χ2n) is 5.35. The van der Waals surface area contributed by atoms with E-state index < -0.39 is 0 Å². The zero-order chi connectivity index (χ0) is 13.4. The smallest absolute Gasteiger partial charge is 0.260 e. The number of amides is 2. The van der Waals surface area contributed by atoms with Gasteiger partial charge in [0.1, 0.15) is 0 Å². The molecule has 1 aromatic rings. The summed E-state index contributed by atoms with van der Waals surface area (Å²) in [5, 5.41) is 9.93. The summed E-state index contributed by atoms with van der Waals surface area (Å²) in [6, 6.07) is 8.76. The molecule has 1 N–H and O–H groups in total. The van der Waals surface area contributed by atoms with Crippen molar-refractivity contribution in [2.45, 2.75) is 37.8 Å². The molecule has 1 aliphatic carbocycles. The number of carbonyl (C=O) groups excluding carboxylic acids is 2. The highest BCUT2D eigenvalue weighted by atomic mass is 16.3. The zero-order valence-electron chi connectivity index (χ0n) is 10.7. The van der Waals surface area contributed by atoms with Crippen LogP contribution in [0.5, 0.6) is 0 Å². The maximum atomic E-state index is 12.5. The van der Waals surface area contributed by atoms with Gasteiger partial charge in [-0.1, -0.05) is 18.2 Å². The van der Waals surface area contributed by atoms with Crippen molar-refractivity contribution in [3.8, 4) is 0 Å². The molecule has 0 spiro atoms. The Kier molecular flexibility index (Phi) is 3.11. The quantitative estimate of drug-likeness (QED) is 0.779. The van der Waals surface area contributed by atoms with E-state index in [1.807, 2.05) is 6.07 Å². The van der Waals surface area contributed by atoms with Crippen LogP contribution in [0.2, 0.25) is 0 Å². The number of fused-ring (bicyclic) bond motifs is 1. The van der Waals surface area contributed by atoms with Crippen LogP contribution < -0.4 is 0 Å². The van der Waals surface area contributed by atoms with Crippen LogP contribution in [0.25, 0.3) is 0 Å². The molecule has 3 rings (SSSR count). The minimum absolute atomic E-state index is 0.0605. The van der Waals surface area contributed by atoms with E-state index in [2.05, 4.69) is 0 Å². The van der Waals surface area contributed by atoms with Gasteiger partial charge in [0.15, 0.2) is 0 Å². The number of aliphatic hydroxyl groups is 1. The number of likely N-dealkylation sites (tertiary alicyclic amines) is 1. The molecule has 2 aliphatic rings. The normalized spacial score (nSPS) is 30.3. The Morgan fingerprint density at radius 2 is 1.89 bits per heavy atom. The van der Waals surface area contributed by atoms with E-state index in [0.717, 1.165) is 6.42 Å². The first kappa shape index (κ1) is 12.4. The summed E-state index contributed by atoms with van der Waals surface area (Å²) in [7, 11) is 0. The van der Waals surface area contributed by atoms with Crippen molar-refractivity contribution in [1.82, 2.24) is 4.90 Å². The largest absolute Gasteiger partial charge is 0.393 e. The number of rotatable bonds is 1. The lowest BCUT2D eigenvalue weighted by Gasteiger charge is -2.36. The SMILES string of the molecule is O=C1CCC2C(O)CCC2N1C(=O)c1ccccc1. The summed E-state index contributed by atoms with van der Waals surface area (Å²) in [6.07, 6.45) is 2.08. The highest BCUT2D eigenvalue weighted by Gasteiger charge is 2.46. The van der Waals surface area contributed by atoms with Crippen molar-refractivity contribution in [3.63, 3.8) is 0 Å². The van der Waals surface area contributed by atoms with E-state index in [1.165, 1.54) is 4.90 Å². The molecule has 3 unspecified atom stereocenters. The van der Waals surface area contributed by atoms with Gasteiger partial charge in [0.25, 0.3) is 5.91 Å². The first-order valence-corrected chi connectivity index (χ1v) is 6.78. The Morgan fingerprint density at radius 1 is 1.16 bits per heavy atom. The van der Waals surface area contributed by atoms with Gasteiger partial charge in [-0.05, 0) is 31.4 Å². The van der Waals surface area contributed by atoms with E-state index in [-0.39, 0.29) is 29.9 Å². The molecule has 1 saturated carbocycles. The van der Waals surface area contributed by atoms with Gasteiger partial charge in [0.2, 0.25) is 5.91 Å². The van der Waals surface area contributed by atoms with Gasteiger partial charge in [-0.25, -0.2) is 0 Å². The highest BCUT2D eigenvalue weighted by molar-refractivity contribution is 6.05. The molecule has 4 nitrogen and oxygen atoms in total. The maximum Gasteiger partial charge on any atom is 0.260 e. The molecule has 100 valence electrons. The fourth-order valence-electron chi connectivity index (χ4n) is 3.31. The number of carbonyl (C=O) groups is 2. The number of benzene rings is 1. The van der Waals surface area contributed by atoms with Gasteiger partial charge in [-0.15, -0.1) is 0 Å². The lowest BCUT2D eigenvalue weighted by Crippen LogP contribution is -2.51. The molecule has 2 amide bonds. The van der Waals surface area contributed by atoms with Crippen molar-refractivity contribution >= 4 is 11.8 Å². The third-order valence-corrected chi connectivity index (χ3v) is 4.28. The van der Waals surface area contributed by atoms with Crippen LogP contribution in [0.3, 0.4) is 0 Å². The number of nitrogens with zero attached hydrogens (tertiary/aromatic N) is 1. The molecular formula is C15H17NO3. The van der Waals surface area contributed by atoms with Gasteiger partial charge < -0.3 is 5.11 Å². The van der Waals surface area contributed by atoms with Crippen molar-refractivity contribution in [3.05, 3.63) is 35.9 Å². The summed E-state index contributed by atoms with van der Waals surface area (Å²) in [5.41, 5.74) is 0.540. The van der Waals surface area contributed by atoms with E-state index in [4.69, 9.17) is 0 Å². The summed E-state index contributed by atoms with van der Waals surface area (Å²) >= 11 is 0. The summed E-state index contributed by atoms with van der Waals surface area (Å²) < 4.78 is 0. The number of aliphatic hydroxyl groups excluding tert-OH is 1. The van der Waals surface area contributed by atoms with Crippen LogP contribution in [0.4, 0.5) is 0 Å². The Bertz CT molecular complexity index is 499. The van der Waals surface area contributed by atoms with Crippen molar-refractivity contribution < 1.29 is 14.7 Å². The molecule has 0 bridgehead atoms. The minimum Gasteiger partial charge on any atom is -0.393 e. The highest BCUT2D eigenvalue weighted by Crippen LogP contribution is 2.38. The molecule has 2 fully saturated rings. The van der Waals surface area contributed by atoms with Crippen molar-refractivity contribution in [2.24, 2.45) is 5.92 Å². The first-order chi connectivity index (χ1) is 9.18. The first-order valence-electron chi connectivity index (χ1n) is 6.78. The molecule has 1 aromatic carbocycles. The van der Waals surface area contributed by atoms with Crippen molar-refractivity contribution in [1.29, 1.82) is 0 Å². The van der Waals surface area contributed by atoms with Crippen LogP contribution in [0, 0.1) is 5.92 Å². The molecular weight excluding hydrogens is 242 g/mol. The predicted molar refractivity (Wildman–Crippen MR) is 69.4 cm³/mol. The standard InChI is InChI=1S/C15H17NO3/c17-13-8-7-12-11(13)6-9-14(18)16(12)15(19)10-4-2-1-3-5-10/h1-5,11-13,17H,6-9H2. The maximum absolute atomic E-state index is 12.5. The van der Waals surface area contributed by atoms with Crippen LogP contribution in [0.1, 0.15) is 36.0 Å². The Hall–Kier alpha value is -1.68. The number of piperidine rings is 1. The monoisotopic (exact) mass is 259 g/mol. The average Bonchev–Trinajstić information content (AvgIpc) is 2.80. The van der Waals surface area contributed by atoms with Gasteiger partial charge in [0.05, 0.1) is 6.10 Å². The van der Waals surface area contributed by atoms with E-state index >= 15 is 0 Å². The third-order valence-electron chi connectivity index (χ3n) is 4.28. The molecule has 0 aromatic heterocycles. The van der Waals surface area contributed by atoms with E-state index in [1.54, 1.807) is 24.3 Å². The minimum atomic E-state index is -0.371. The van der Waals surface area contributed by atoms with Crippen LogP contribution >= 0.6 is 0 Å². The number of hydrogen-bond acceptors (Lipinski definition) is 3. The lowest BCUT2D eigenvalue weighted by atomic mass is 9.89. The molecule has 3 atom stereocenters. The molecule has 4 heteroatoms. The predicted octanol–water partition coefficient (Wildman–Crippen LogP) is 1.59. The summed E-state index contributed by atoms with van der Waals surface area (Å²) in [4.78, 5) is 26.0. The summed E-state index contributed by atoms with van der Waals surface area (Å²) in [6.45, 7) is 0. The molecule has 1 saturated heterocycles. The Morgan fingerprint density at radius 3 is 2.63 bits per heavy atom. The van der Waals surface area contributed by atoms with Gasteiger partial charge in [0, 0.05) is 23.9 Å². The second kappa shape index (κ2) is 4.78. The molecule has 1 heterocycles. The number of imide groups is 1. The van der Waals surface area contributed by atoms with Crippen molar-refractivity contribution in [2.75, 3.05) is 0 Å². The Labute approximate surface area is 112 Å². The molecule has 1 aliphatic heterocycles. The zero-order valence-corrected chi connectivity index (χ0v) is 10.7. The van der Waals surface area contributed by atoms with Gasteiger partial charge >= 0.3 is 0 Å². The van der Waals surface area contributed by atoms with Crippen LogP contribution in [-0.2, 0) is 4.79 Å². The van der Waals surface area contributed by atoms with Gasteiger partial charge in [-0.3, -0.25) is 14.5 Å². The molecule has 19 heavy (non-hydrogen) atoms. The number of hydrogen-bond donors (Lipinski definition) is 1. The lowest BCUT2D eigenvalue weighted by molar-refractivity contribution is -0.135. The second-order valence-corrected chi connectivity index (χ2v) is 5.35. The fourth-order valence-corrected chi connectivity index (χ4v) is 3.31. The van der Waals surface area contributed by atoms with Gasteiger partial charge in [-0.2, -0.15) is 0 Å². The van der Waals surface area contributed by atoms with Crippen LogP contribution in [-0.4, -0.2) is 34.0 Å². The molecule has 0 radical (unpaired) electrons. The third kappa shape index (κ3) is 2.06.